The minimum Gasteiger partial charge on any atom is -0.324 e. The molecule has 0 aliphatic heterocycles. The fraction of sp³-hybridized carbons (Fsp3) is 0.0435. The average Bonchev–Trinajstić information content (AvgIpc) is 3.22. The molecule has 158 valence electrons. The SMILES string of the molecule is N#Cc1ccccc1NC(=O)CSc1nnc(-c2ccc(Cl)cc2Cl)n1-c1ccccc1. The van der Waals surface area contributed by atoms with Crippen molar-refractivity contribution in [2.24, 2.45) is 0 Å². The molecule has 0 spiro atoms. The number of amides is 1. The highest BCUT2D eigenvalue weighted by Gasteiger charge is 2.19. The number of para-hydroxylation sites is 2. The zero-order chi connectivity index (χ0) is 22.5. The van der Waals surface area contributed by atoms with E-state index in [1.165, 1.54) is 11.8 Å². The third kappa shape index (κ3) is 4.78. The number of benzene rings is 3. The van der Waals surface area contributed by atoms with Crippen LogP contribution >= 0.6 is 35.0 Å². The Morgan fingerprint density at radius 1 is 1.03 bits per heavy atom. The Labute approximate surface area is 198 Å². The van der Waals surface area contributed by atoms with Crippen molar-refractivity contribution in [2.75, 3.05) is 11.1 Å². The van der Waals surface area contributed by atoms with Crippen molar-refractivity contribution in [1.82, 2.24) is 14.8 Å². The van der Waals surface area contributed by atoms with Gasteiger partial charge >= 0.3 is 0 Å². The molecule has 1 aromatic heterocycles. The molecule has 6 nitrogen and oxygen atoms in total. The van der Waals surface area contributed by atoms with Gasteiger partial charge in [-0.15, -0.1) is 10.2 Å². The number of anilines is 1. The number of aromatic nitrogens is 3. The summed E-state index contributed by atoms with van der Waals surface area (Å²) in [5.41, 5.74) is 2.37. The molecular weight excluding hydrogens is 465 g/mol. The van der Waals surface area contributed by atoms with Gasteiger partial charge in [0.1, 0.15) is 6.07 Å². The Kier molecular flexibility index (Phi) is 6.76. The third-order valence-electron chi connectivity index (χ3n) is 4.47. The van der Waals surface area contributed by atoms with Crippen LogP contribution in [0.25, 0.3) is 17.1 Å². The molecule has 3 aromatic carbocycles. The molecule has 0 aliphatic rings. The quantitative estimate of drug-likeness (QED) is 0.351. The van der Waals surface area contributed by atoms with Crippen molar-refractivity contribution in [3.8, 4) is 23.1 Å². The normalized spacial score (nSPS) is 10.5. The van der Waals surface area contributed by atoms with Crippen molar-refractivity contribution in [3.63, 3.8) is 0 Å². The van der Waals surface area contributed by atoms with Crippen molar-refractivity contribution < 1.29 is 4.79 Å². The first-order valence-corrected chi connectivity index (χ1v) is 11.2. The molecule has 1 amide bonds. The summed E-state index contributed by atoms with van der Waals surface area (Å²) in [6.07, 6.45) is 0. The summed E-state index contributed by atoms with van der Waals surface area (Å²) in [4.78, 5) is 12.5. The van der Waals surface area contributed by atoms with E-state index in [4.69, 9.17) is 23.2 Å². The first-order chi connectivity index (χ1) is 15.6. The van der Waals surface area contributed by atoms with E-state index in [0.29, 0.717) is 37.8 Å². The summed E-state index contributed by atoms with van der Waals surface area (Å²) in [7, 11) is 0. The molecule has 0 saturated carbocycles. The number of nitrogens with zero attached hydrogens (tertiary/aromatic N) is 4. The van der Waals surface area contributed by atoms with E-state index >= 15 is 0 Å². The van der Waals surface area contributed by atoms with Crippen molar-refractivity contribution in [1.29, 1.82) is 5.26 Å². The monoisotopic (exact) mass is 479 g/mol. The van der Waals surface area contributed by atoms with E-state index < -0.39 is 0 Å². The highest BCUT2D eigenvalue weighted by Crippen LogP contribution is 2.33. The Bertz CT molecular complexity index is 1320. The summed E-state index contributed by atoms with van der Waals surface area (Å²) in [5.74, 6) is 0.362. The number of rotatable bonds is 6. The van der Waals surface area contributed by atoms with Gasteiger partial charge in [-0.25, -0.2) is 0 Å². The molecule has 1 N–H and O–H groups in total. The van der Waals surface area contributed by atoms with Crippen molar-refractivity contribution in [2.45, 2.75) is 5.16 Å². The number of nitriles is 1. The summed E-state index contributed by atoms with van der Waals surface area (Å²) < 4.78 is 1.84. The van der Waals surface area contributed by atoms with Crippen molar-refractivity contribution in [3.05, 3.63) is 88.4 Å². The summed E-state index contributed by atoms with van der Waals surface area (Å²) in [5, 5.41) is 22.1. The maximum atomic E-state index is 12.5. The smallest absolute Gasteiger partial charge is 0.234 e. The van der Waals surface area contributed by atoms with Crippen LogP contribution in [0.4, 0.5) is 5.69 Å². The van der Waals surface area contributed by atoms with Crippen LogP contribution in [0.1, 0.15) is 5.56 Å². The third-order valence-corrected chi connectivity index (χ3v) is 5.95. The molecule has 0 radical (unpaired) electrons. The Hall–Kier alpha value is -3.31. The van der Waals surface area contributed by atoms with Gasteiger partial charge in [0.25, 0.3) is 0 Å². The maximum Gasteiger partial charge on any atom is 0.234 e. The van der Waals surface area contributed by atoms with Crippen LogP contribution in [0.5, 0.6) is 0 Å². The number of thioether (sulfide) groups is 1. The van der Waals surface area contributed by atoms with Gasteiger partial charge in [-0.3, -0.25) is 9.36 Å². The number of halogens is 2. The highest BCUT2D eigenvalue weighted by atomic mass is 35.5. The summed E-state index contributed by atoms with van der Waals surface area (Å²) in [6, 6.07) is 23.6. The van der Waals surface area contributed by atoms with Crippen LogP contribution < -0.4 is 5.32 Å². The van der Waals surface area contributed by atoms with Crippen LogP contribution in [0.3, 0.4) is 0 Å². The van der Waals surface area contributed by atoms with Crippen LogP contribution in [0.2, 0.25) is 10.0 Å². The molecule has 0 atom stereocenters. The lowest BCUT2D eigenvalue weighted by atomic mass is 10.2. The molecule has 4 rings (SSSR count). The Morgan fingerprint density at radius 3 is 2.53 bits per heavy atom. The van der Waals surface area contributed by atoms with E-state index in [-0.39, 0.29) is 11.7 Å². The zero-order valence-electron chi connectivity index (χ0n) is 16.5. The van der Waals surface area contributed by atoms with Gasteiger partial charge in [-0.1, -0.05) is 65.3 Å². The second kappa shape index (κ2) is 9.88. The molecular formula is C23H15Cl2N5OS. The number of hydrogen-bond acceptors (Lipinski definition) is 5. The van der Waals surface area contributed by atoms with Gasteiger partial charge in [0.2, 0.25) is 5.91 Å². The molecule has 32 heavy (non-hydrogen) atoms. The lowest BCUT2D eigenvalue weighted by Gasteiger charge is -2.11. The van der Waals surface area contributed by atoms with Crippen LogP contribution in [0.15, 0.2) is 78.0 Å². The predicted octanol–water partition coefficient (Wildman–Crippen LogP) is 5.84. The van der Waals surface area contributed by atoms with Crippen molar-refractivity contribution >= 4 is 46.6 Å². The minimum atomic E-state index is -0.258. The molecule has 0 aliphatic carbocycles. The second-order valence-electron chi connectivity index (χ2n) is 6.60. The van der Waals surface area contributed by atoms with Gasteiger partial charge < -0.3 is 5.32 Å². The molecule has 9 heteroatoms. The van der Waals surface area contributed by atoms with Gasteiger partial charge in [-0.05, 0) is 42.5 Å². The zero-order valence-corrected chi connectivity index (χ0v) is 18.8. The fourth-order valence-corrected chi connectivity index (χ4v) is 4.27. The maximum absolute atomic E-state index is 12.5. The molecule has 4 aromatic rings. The minimum absolute atomic E-state index is 0.0824. The lowest BCUT2D eigenvalue weighted by molar-refractivity contribution is -0.113. The van der Waals surface area contributed by atoms with Crippen LogP contribution in [0, 0.1) is 11.3 Å². The average molecular weight is 480 g/mol. The molecule has 0 fully saturated rings. The Balaban J connectivity index is 1.62. The number of carbonyl (C=O) groups excluding carboxylic acids is 1. The van der Waals surface area contributed by atoms with Gasteiger partial charge in [-0.2, -0.15) is 5.26 Å². The van der Waals surface area contributed by atoms with E-state index in [0.717, 1.165) is 5.69 Å². The first-order valence-electron chi connectivity index (χ1n) is 9.45. The number of hydrogen-bond donors (Lipinski definition) is 1. The van der Waals surface area contributed by atoms with Gasteiger partial charge in [0.15, 0.2) is 11.0 Å². The highest BCUT2D eigenvalue weighted by molar-refractivity contribution is 7.99. The summed E-state index contributed by atoms with van der Waals surface area (Å²) >= 11 is 13.7. The van der Waals surface area contributed by atoms with Gasteiger partial charge in [0, 0.05) is 16.3 Å². The van der Waals surface area contributed by atoms with E-state index in [1.807, 2.05) is 34.9 Å². The van der Waals surface area contributed by atoms with E-state index in [2.05, 4.69) is 21.6 Å². The van der Waals surface area contributed by atoms with E-state index in [9.17, 15) is 10.1 Å². The number of carbonyl (C=O) groups is 1. The lowest BCUT2D eigenvalue weighted by Crippen LogP contribution is -2.15. The van der Waals surface area contributed by atoms with E-state index in [1.54, 1.807) is 42.5 Å². The van der Waals surface area contributed by atoms with Gasteiger partial charge in [0.05, 0.1) is 22.0 Å². The second-order valence-corrected chi connectivity index (χ2v) is 8.38. The van der Waals surface area contributed by atoms with Crippen LogP contribution in [-0.2, 0) is 4.79 Å². The number of nitrogens with one attached hydrogen (secondary N) is 1. The standard InChI is InChI=1S/C23H15Cl2N5OS/c24-16-10-11-18(19(25)12-16)22-28-29-23(30(22)17-7-2-1-3-8-17)32-14-21(31)27-20-9-5-4-6-15(20)13-26/h1-12H,14H2,(H,27,31). The summed E-state index contributed by atoms with van der Waals surface area (Å²) in [6.45, 7) is 0. The fourth-order valence-electron chi connectivity index (χ4n) is 3.02. The predicted molar refractivity (Wildman–Crippen MR) is 127 cm³/mol. The Morgan fingerprint density at radius 2 is 1.78 bits per heavy atom. The molecule has 1 heterocycles. The largest absolute Gasteiger partial charge is 0.324 e. The molecule has 0 unspecified atom stereocenters. The first kappa shape index (κ1) is 21.9. The topological polar surface area (TPSA) is 83.6 Å². The van der Waals surface area contributed by atoms with Crippen LogP contribution in [-0.4, -0.2) is 26.4 Å². The molecule has 0 bridgehead atoms. The molecule has 0 saturated heterocycles.